The number of hydrogen-bond acceptors (Lipinski definition) is 2. The number of aldehydes is 1. The highest BCUT2D eigenvalue weighted by Crippen LogP contribution is 2.19. The molecule has 0 spiro atoms. The summed E-state index contributed by atoms with van der Waals surface area (Å²) in [5, 5.41) is 1.95. The van der Waals surface area contributed by atoms with Crippen molar-refractivity contribution >= 4 is 22.7 Å². The molecule has 2 heteroatoms. The van der Waals surface area contributed by atoms with E-state index in [1.807, 2.05) is 24.3 Å². The normalized spacial score (nSPS) is 10.2. The first-order valence-corrected chi connectivity index (χ1v) is 4.05. The summed E-state index contributed by atoms with van der Waals surface area (Å²) >= 11 is 0. The van der Waals surface area contributed by atoms with Crippen LogP contribution < -0.4 is 5.73 Å². The monoisotopic (exact) mass is 171 g/mol. The summed E-state index contributed by atoms with van der Waals surface area (Å²) in [4.78, 5) is 10.7. The lowest BCUT2D eigenvalue weighted by molar-refractivity contribution is 0.112. The van der Waals surface area contributed by atoms with E-state index in [0.717, 1.165) is 22.7 Å². The molecule has 2 rings (SSSR count). The molecule has 2 aromatic rings. The van der Waals surface area contributed by atoms with Gasteiger partial charge in [0.05, 0.1) is 0 Å². The van der Waals surface area contributed by atoms with Gasteiger partial charge < -0.3 is 5.73 Å². The smallest absolute Gasteiger partial charge is 0.150 e. The van der Waals surface area contributed by atoms with Crippen molar-refractivity contribution in [2.24, 2.45) is 0 Å². The molecule has 0 saturated carbocycles. The van der Waals surface area contributed by atoms with Gasteiger partial charge in [-0.3, -0.25) is 4.79 Å². The Morgan fingerprint density at radius 1 is 1.15 bits per heavy atom. The molecule has 13 heavy (non-hydrogen) atoms. The minimum Gasteiger partial charge on any atom is -0.399 e. The van der Waals surface area contributed by atoms with E-state index in [1.54, 1.807) is 12.1 Å². The molecule has 0 heterocycles. The zero-order valence-electron chi connectivity index (χ0n) is 7.03. The van der Waals surface area contributed by atoms with E-state index in [1.165, 1.54) is 0 Å². The van der Waals surface area contributed by atoms with Gasteiger partial charge >= 0.3 is 0 Å². The van der Waals surface area contributed by atoms with Gasteiger partial charge in [-0.25, -0.2) is 0 Å². The van der Waals surface area contributed by atoms with Crippen molar-refractivity contribution in [3.05, 3.63) is 42.0 Å². The van der Waals surface area contributed by atoms with E-state index in [2.05, 4.69) is 0 Å². The average molecular weight is 171 g/mol. The second kappa shape index (κ2) is 2.90. The summed E-state index contributed by atoms with van der Waals surface area (Å²) in [7, 11) is 0. The third kappa shape index (κ3) is 1.26. The third-order valence-electron chi connectivity index (χ3n) is 2.07. The van der Waals surface area contributed by atoms with Crippen molar-refractivity contribution in [2.45, 2.75) is 0 Å². The molecule has 0 aliphatic rings. The largest absolute Gasteiger partial charge is 0.399 e. The van der Waals surface area contributed by atoms with Crippen LogP contribution in [-0.2, 0) is 0 Å². The number of hydrogen-bond donors (Lipinski definition) is 1. The van der Waals surface area contributed by atoms with Crippen LogP contribution >= 0.6 is 0 Å². The number of nitrogen functional groups attached to an aromatic ring is 1. The second-order valence-electron chi connectivity index (χ2n) is 2.95. The highest BCUT2D eigenvalue weighted by atomic mass is 16.1. The molecule has 0 bridgehead atoms. The minimum absolute atomic E-state index is 0.706. The van der Waals surface area contributed by atoms with Crippen LogP contribution in [-0.4, -0.2) is 6.29 Å². The predicted molar refractivity (Wildman–Crippen MR) is 53.7 cm³/mol. The van der Waals surface area contributed by atoms with Crippen molar-refractivity contribution < 1.29 is 4.79 Å². The number of rotatable bonds is 1. The van der Waals surface area contributed by atoms with Crippen LogP contribution in [0, 0.1) is 0 Å². The van der Waals surface area contributed by atoms with Crippen LogP contribution in [0.25, 0.3) is 10.8 Å². The summed E-state index contributed by atoms with van der Waals surface area (Å²) in [5.41, 5.74) is 7.05. The number of carbonyl (C=O) groups excluding carboxylic acids is 1. The lowest BCUT2D eigenvalue weighted by Gasteiger charge is -2.00. The predicted octanol–water partition coefficient (Wildman–Crippen LogP) is 2.23. The van der Waals surface area contributed by atoms with Gasteiger partial charge in [0.25, 0.3) is 0 Å². The zero-order chi connectivity index (χ0) is 9.26. The van der Waals surface area contributed by atoms with Crippen molar-refractivity contribution in [3.63, 3.8) is 0 Å². The Balaban J connectivity index is 2.84. The molecule has 2 aromatic carbocycles. The number of anilines is 1. The van der Waals surface area contributed by atoms with Gasteiger partial charge in [-0.1, -0.05) is 24.3 Å². The summed E-state index contributed by atoms with van der Waals surface area (Å²) in [6, 6.07) is 11.1. The van der Waals surface area contributed by atoms with Crippen molar-refractivity contribution in [1.82, 2.24) is 0 Å². The molecule has 0 atom stereocenters. The van der Waals surface area contributed by atoms with Gasteiger partial charge in [0.15, 0.2) is 6.29 Å². The molecular formula is C11H9NO. The SMILES string of the molecule is Nc1ccc2c(C=O)cccc2c1. The Kier molecular flexibility index (Phi) is 1.74. The van der Waals surface area contributed by atoms with E-state index in [-0.39, 0.29) is 0 Å². The quantitative estimate of drug-likeness (QED) is 0.528. The zero-order valence-corrected chi connectivity index (χ0v) is 7.03. The van der Waals surface area contributed by atoms with Crippen LogP contribution in [0.3, 0.4) is 0 Å². The summed E-state index contributed by atoms with van der Waals surface area (Å²) in [6.45, 7) is 0. The fourth-order valence-electron chi connectivity index (χ4n) is 1.43. The lowest BCUT2D eigenvalue weighted by atomic mass is 10.1. The van der Waals surface area contributed by atoms with Crippen LogP contribution in [0.15, 0.2) is 36.4 Å². The lowest BCUT2D eigenvalue weighted by Crippen LogP contribution is -1.86. The van der Waals surface area contributed by atoms with Crippen molar-refractivity contribution in [2.75, 3.05) is 5.73 Å². The Hall–Kier alpha value is -1.83. The van der Waals surface area contributed by atoms with Gasteiger partial charge in [0.1, 0.15) is 0 Å². The number of carbonyl (C=O) groups is 1. The molecule has 0 aromatic heterocycles. The van der Waals surface area contributed by atoms with Gasteiger partial charge in [0.2, 0.25) is 0 Å². The van der Waals surface area contributed by atoms with Gasteiger partial charge in [-0.15, -0.1) is 0 Å². The number of benzene rings is 2. The maximum Gasteiger partial charge on any atom is 0.150 e. The van der Waals surface area contributed by atoms with Crippen LogP contribution in [0.5, 0.6) is 0 Å². The first-order chi connectivity index (χ1) is 6.31. The maximum atomic E-state index is 10.7. The van der Waals surface area contributed by atoms with E-state index >= 15 is 0 Å². The highest BCUT2D eigenvalue weighted by molar-refractivity contribution is 5.99. The second-order valence-corrected chi connectivity index (χ2v) is 2.95. The first kappa shape index (κ1) is 7.80. The summed E-state index contributed by atoms with van der Waals surface area (Å²) in [6.07, 6.45) is 0.860. The molecule has 0 fully saturated rings. The molecule has 64 valence electrons. The maximum absolute atomic E-state index is 10.7. The first-order valence-electron chi connectivity index (χ1n) is 4.05. The van der Waals surface area contributed by atoms with Gasteiger partial charge in [0, 0.05) is 11.3 Å². The standard InChI is InChI=1S/C11H9NO/c12-10-4-5-11-8(6-10)2-1-3-9(11)7-13/h1-7H,12H2. The average Bonchev–Trinajstić information content (AvgIpc) is 2.16. The molecule has 0 unspecified atom stereocenters. The summed E-state index contributed by atoms with van der Waals surface area (Å²) in [5.74, 6) is 0. The molecular weight excluding hydrogens is 162 g/mol. The molecule has 0 saturated heterocycles. The van der Waals surface area contributed by atoms with E-state index in [4.69, 9.17) is 5.73 Å². The number of nitrogens with two attached hydrogens (primary N) is 1. The minimum atomic E-state index is 0.706. The Morgan fingerprint density at radius 2 is 2.00 bits per heavy atom. The Bertz CT molecular complexity index is 463. The van der Waals surface area contributed by atoms with Gasteiger partial charge in [-0.05, 0) is 22.9 Å². The van der Waals surface area contributed by atoms with E-state index in [0.29, 0.717) is 5.56 Å². The van der Waals surface area contributed by atoms with Crippen LogP contribution in [0.1, 0.15) is 10.4 Å². The van der Waals surface area contributed by atoms with Crippen LogP contribution in [0.4, 0.5) is 5.69 Å². The molecule has 0 aliphatic carbocycles. The van der Waals surface area contributed by atoms with Crippen molar-refractivity contribution in [3.8, 4) is 0 Å². The third-order valence-corrected chi connectivity index (χ3v) is 2.07. The summed E-state index contributed by atoms with van der Waals surface area (Å²) < 4.78 is 0. The molecule has 2 N–H and O–H groups in total. The Morgan fingerprint density at radius 3 is 2.77 bits per heavy atom. The van der Waals surface area contributed by atoms with Crippen molar-refractivity contribution in [1.29, 1.82) is 0 Å². The van der Waals surface area contributed by atoms with E-state index < -0.39 is 0 Å². The highest BCUT2D eigenvalue weighted by Gasteiger charge is 1.98. The Labute approximate surface area is 76.0 Å². The fraction of sp³-hybridized carbons (Fsp3) is 0. The molecule has 0 radical (unpaired) electrons. The number of fused-ring (bicyclic) bond motifs is 1. The van der Waals surface area contributed by atoms with Crippen LogP contribution in [0.2, 0.25) is 0 Å². The molecule has 0 aliphatic heterocycles. The fourth-order valence-corrected chi connectivity index (χ4v) is 1.43. The van der Waals surface area contributed by atoms with Gasteiger partial charge in [-0.2, -0.15) is 0 Å². The topological polar surface area (TPSA) is 43.1 Å². The van der Waals surface area contributed by atoms with E-state index in [9.17, 15) is 4.79 Å². The molecule has 2 nitrogen and oxygen atoms in total. The molecule has 0 amide bonds.